The van der Waals surface area contributed by atoms with E-state index < -0.39 is 0 Å². The predicted octanol–water partition coefficient (Wildman–Crippen LogP) is 1.35. The number of amides is 1. The Hall–Kier alpha value is -2.90. The van der Waals surface area contributed by atoms with Gasteiger partial charge in [0.25, 0.3) is 5.91 Å². The molecule has 0 aliphatic heterocycles. The van der Waals surface area contributed by atoms with Gasteiger partial charge in [-0.1, -0.05) is 19.1 Å². The Morgan fingerprint density at radius 3 is 2.70 bits per heavy atom. The van der Waals surface area contributed by atoms with Crippen LogP contribution in [-0.4, -0.2) is 46.3 Å². The molecule has 0 atom stereocenters. The van der Waals surface area contributed by atoms with Gasteiger partial charge in [-0.2, -0.15) is 0 Å². The number of aromatic nitrogens is 3. The molecular weight excluding hydrogens is 342 g/mol. The fraction of sp³-hybridized carbons (Fsp3) is 0.474. The summed E-state index contributed by atoms with van der Waals surface area (Å²) < 4.78 is 2.03. The number of benzene rings is 1. The highest BCUT2D eigenvalue weighted by Crippen LogP contribution is 2.06. The first-order chi connectivity index (χ1) is 13.2. The van der Waals surface area contributed by atoms with Crippen molar-refractivity contribution in [1.29, 1.82) is 0 Å². The second-order valence-corrected chi connectivity index (χ2v) is 5.98. The van der Waals surface area contributed by atoms with Gasteiger partial charge in [-0.05, 0) is 31.5 Å². The molecule has 0 radical (unpaired) electrons. The van der Waals surface area contributed by atoms with Gasteiger partial charge >= 0.3 is 0 Å². The maximum Gasteiger partial charge on any atom is 0.251 e. The van der Waals surface area contributed by atoms with E-state index >= 15 is 0 Å². The number of aryl methyl sites for hydroxylation is 1. The molecule has 3 N–H and O–H groups in total. The third-order valence-corrected chi connectivity index (χ3v) is 3.95. The number of aliphatic imine (C=N–C) groups is 1. The Kier molecular flexibility index (Phi) is 8.28. The van der Waals surface area contributed by atoms with Gasteiger partial charge in [0.15, 0.2) is 5.96 Å². The van der Waals surface area contributed by atoms with E-state index in [4.69, 9.17) is 0 Å². The number of carbonyl (C=O) groups is 1. The summed E-state index contributed by atoms with van der Waals surface area (Å²) in [6.07, 6.45) is 2.60. The van der Waals surface area contributed by atoms with E-state index in [1.54, 1.807) is 6.33 Å². The lowest BCUT2D eigenvalue weighted by Gasteiger charge is -2.12. The van der Waals surface area contributed by atoms with Gasteiger partial charge in [0.2, 0.25) is 0 Å². The van der Waals surface area contributed by atoms with Crippen LogP contribution >= 0.6 is 0 Å². The monoisotopic (exact) mass is 371 g/mol. The second kappa shape index (κ2) is 10.9. The highest BCUT2D eigenvalue weighted by molar-refractivity contribution is 5.94. The highest BCUT2D eigenvalue weighted by Gasteiger charge is 2.05. The van der Waals surface area contributed by atoms with Gasteiger partial charge < -0.3 is 20.5 Å². The molecule has 2 rings (SSSR count). The van der Waals surface area contributed by atoms with Crippen molar-refractivity contribution in [3.8, 4) is 0 Å². The zero-order valence-electron chi connectivity index (χ0n) is 16.3. The minimum atomic E-state index is -0.0611. The third-order valence-electron chi connectivity index (χ3n) is 3.95. The van der Waals surface area contributed by atoms with Crippen LogP contribution in [-0.2, 0) is 19.5 Å². The van der Waals surface area contributed by atoms with E-state index in [0.717, 1.165) is 43.4 Å². The van der Waals surface area contributed by atoms with Crippen molar-refractivity contribution in [2.75, 3.05) is 19.6 Å². The molecule has 146 valence electrons. The molecule has 0 aliphatic carbocycles. The Bertz CT molecular complexity index is 754. The Morgan fingerprint density at radius 1 is 1.15 bits per heavy atom. The molecule has 1 amide bonds. The minimum Gasteiger partial charge on any atom is -0.357 e. The van der Waals surface area contributed by atoms with Crippen LogP contribution in [0.4, 0.5) is 0 Å². The molecule has 2 aromatic rings. The number of rotatable bonds is 9. The van der Waals surface area contributed by atoms with Crippen LogP contribution in [0.2, 0.25) is 0 Å². The predicted molar refractivity (Wildman–Crippen MR) is 107 cm³/mol. The molecular formula is C19H29N7O. The van der Waals surface area contributed by atoms with Gasteiger partial charge in [0, 0.05) is 38.2 Å². The SMILES string of the molecule is CCNC(=O)c1cccc(CN=C(NCC)NCCn2cnnc2CC)c1. The van der Waals surface area contributed by atoms with E-state index in [1.165, 1.54) is 0 Å². The Morgan fingerprint density at radius 2 is 1.96 bits per heavy atom. The quantitative estimate of drug-likeness (QED) is 0.457. The van der Waals surface area contributed by atoms with Gasteiger partial charge in [-0.25, -0.2) is 4.99 Å². The number of hydrogen-bond acceptors (Lipinski definition) is 4. The summed E-state index contributed by atoms with van der Waals surface area (Å²) in [6, 6.07) is 7.55. The molecule has 0 aliphatic rings. The molecule has 0 bridgehead atoms. The maximum absolute atomic E-state index is 12.0. The summed E-state index contributed by atoms with van der Waals surface area (Å²) in [6.45, 7) is 9.37. The topological polar surface area (TPSA) is 96.2 Å². The lowest BCUT2D eigenvalue weighted by atomic mass is 10.1. The van der Waals surface area contributed by atoms with Crippen LogP contribution in [0.25, 0.3) is 0 Å². The lowest BCUT2D eigenvalue weighted by molar-refractivity contribution is 0.0955. The van der Waals surface area contributed by atoms with E-state index in [2.05, 4.69) is 38.1 Å². The second-order valence-electron chi connectivity index (χ2n) is 5.98. The molecule has 0 spiro atoms. The number of hydrogen-bond donors (Lipinski definition) is 3. The maximum atomic E-state index is 12.0. The van der Waals surface area contributed by atoms with Gasteiger partial charge in [0.1, 0.15) is 12.2 Å². The highest BCUT2D eigenvalue weighted by atomic mass is 16.1. The van der Waals surface area contributed by atoms with Gasteiger partial charge in [-0.3, -0.25) is 4.79 Å². The van der Waals surface area contributed by atoms with Crippen LogP contribution in [0.5, 0.6) is 0 Å². The summed E-state index contributed by atoms with van der Waals surface area (Å²) in [7, 11) is 0. The molecule has 1 heterocycles. The van der Waals surface area contributed by atoms with E-state index in [-0.39, 0.29) is 5.91 Å². The third kappa shape index (κ3) is 6.40. The van der Waals surface area contributed by atoms with Crippen LogP contribution in [0.3, 0.4) is 0 Å². The van der Waals surface area contributed by atoms with Crippen LogP contribution in [0.1, 0.15) is 42.5 Å². The Labute approximate surface area is 160 Å². The molecule has 1 aromatic carbocycles. The number of nitrogens with zero attached hydrogens (tertiary/aromatic N) is 4. The number of carbonyl (C=O) groups excluding carboxylic acids is 1. The molecule has 0 fully saturated rings. The molecule has 8 nitrogen and oxygen atoms in total. The number of nitrogens with one attached hydrogen (secondary N) is 3. The van der Waals surface area contributed by atoms with Crippen LogP contribution in [0.15, 0.2) is 35.6 Å². The van der Waals surface area contributed by atoms with Crippen molar-refractivity contribution in [2.24, 2.45) is 4.99 Å². The van der Waals surface area contributed by atoms with Crippen molar-refractivity contribution in [2.45, 2.75) is 40.3 Å². The van der Waals surface area contributed by atoms with E-state index in [9.17, 15) is 4.79 Å². The van der Waals surface area contributed by atoms with Gasteiger partial charge in [-0.15, -0.1) is 10.2 Å². The zero-order chi connectivity index (χ0) is 19.5. The zero-order valence-corrected chi connectivity index (χ0v) is 16.3. The minimum absolute atomic E-state index is 0.0611. The van der Waals surface area contributed by atoms with Crippen molar-refractivity contribution < 1.29 is 4.79 Å². The van der Waals surface area contributed by atoms with Crippen LogP contribution in [0, 0.1) is 0 Å². The van der Waals surface area contributed by atoms with Crippen molar-refractivity contribution >= 4 is 11.9 Å². The molecule has 1 aromatic heterocycles. The Balaban J connectivity index is 1.94. The van der Waals surface area contributed by atoms with Gasteiger partial charge in [0.05, 0.1) is 6.54 Å². The van der Waals surface area contributed by atoms with Crippen molar-refractivity contribution in [1.82, 2.24) is 30.7 Å². The largest absolute Gasteiger partial charge is 0.357 e. The summed E-state index contributed by atoms with van der Waals surface area (Å²) in [5.74, 6) is 1.65. The summed E-state index contributed by atoms with van der Waals surface area (Å²) in [5.41, 5.74) is 1.64. The first-order valence-corrected chi connectivity index (χ1v) is 9.43. The molecule has 0 unspecified atom stereocenters. The van der Waals surface area contributed by atoms with E-state index in [0.29, 0.717) is 18.7 Å². The molecule has 8 heteroatoms. The smallest absolute Gasteiger partial charge is 0.251 e. The lowest BCUT2D eigenvalue weighted by Crippen LogP contribution is -2.38. The fourth-order valence-corrected chi connectivity index (χ4v) is 2.62. The van der Waals surface area contributed by atoms with Crippen LogP contribution < -0.4 is 16.0 Å². The van der Waals surface area contributed by atoms with E-state index in [1.807, 2.05) is 42.7 Å². The molecule has 0 saturated heterocycles. The summed E-state index contributed by atoms with van der Waals surface area (Å²) >= 11 is 0. The average molecular weight is 371 g/mol. The molecule has 27 heavy (non-hydrogen) atoms. The first kappa shape index (κ1) is 20.4. The average Bonchev–Trinajstić information content (AvgIpc) is 3.14. The standard InChI is InChI=1S/C19H29N7O/c1-4-17-25-24-14-26(17)11-10-22-19(21-6-3)23-13-15-8-7-9-16(12-15)18(27)20-5-2/h7-9,12,14H,4-6,10-11,13H2,1-3H3,(H,20,27)(H2,21,22,23). The fourth-order valence-electron chi connectivity index (χ4n) is 2.62. The molecule has 0 saturated carbocycles. The summed E-state index contributed by atoms with van der Waals surface area (Å²) in [4.78, 5) is 16.6. The van der Waals surface area contributed by atoms with Crippen molar-refractivity contribution in [3.05, 3.63) is 47.5 Å². The normalized spacial score (nSPS) is 11.3. The number of guanidine groups is 1. The van der Waals surface area contributed by atoms with Crippen molar-refractivity contribution in [3.63, 3.8) is 0 Å². The first-order valence-electron chi connectivity index (χ1n) is 9.43. The summed E-state index contributed by atoms with van der Waals surface area (Å²) in [5, 5.41) is 17.4.